The molecule has 0 bridgehead atoms. The van der Waals surface area contributed by atoms with E-state index in [9.17, 15) is 8.78 Å². The molecule has 0 radical (unpaired) electrons. The quantitative estimate of drug-likeness (QED) is 0.882. The molecule has 0 spiro atoms. The van der Waals surface area contributed by atoms with Crippen LogP contribution in [0.5, 0.6) is 5.75 Å². The van der Waals surface area contributed by atoms with E-state index >= 15 is 0 Å². The van der Waals surface area contributed by atoms with Crippen LogP contribution in [-0.4, -0.2) is 12.1 Å². The van der Waals surface area contributed by atoms with Gasteiger partial charge in [-0.25, -0.2) is 8.78 Å². The predicted molar refractivity (Wildman–Crippen MR) is 71.2 cm³/mol. The predicted octanol–water partition coefficient (Wildman–Crippen LogP) is 3.64. The van der Waals surface area contributed by atoms with Crippen LogP contribution in [0.1, 0.15) is 41.9 Å². The Morgan fingerprint density at radius 3 is 2.63 bits per heavy atom. The van der Waals surface area contributed by atoms with E-state index < -0.39 is 23.7 Å². The van der Waals surface area contributed by atoms with Crippen LogP contribution < -0.4 is 10.1 Å². The Bertz CT molecular complexity index is 525. The summed E-state index contributed by atoms with van der Waals surface area (Å²) in [5, 5.41) is 2.73. The van der Waals surface area contributed by atoms with Gasteiger partial charge >= 0.3 is 0 Å². The minimum Gasteiger partial charge on any atom is -0.490 e. The van der Waals surface area contributed by atoms with Crippen molar-refractivity contribution in [1.29, 1.82) is 0 Å². The number of nitrogens with one attached hydrogen (secondary N) is 1. The van der Waals surface area contributed by atoms with Gasteiger partial charge in [0.05, 0.1) is 6.61 Å². The van der Waals surface area contributed by atoms with Crippen molar-refractivity contribution in [3.63, 3.8) is 0 Å². The molecule has 0 atom stereocenters. The van der Waals surface area contributed by atoms with E-state index in [0.29, 0.717) is 12.5 Å². The molecule has 1 N–H and O–H groups in total. The average molecular weight is 271 g/mol. The zero-order valence-electron chi connectivity index (χ0n) is 13.5. The lowest BCUT2D eigenvalue weighted by Gasteiger charge is -2.22. The zero-order valence-corrected chi connectivity index (χ0v) is 11.5. The first-order chi connectivity index (χ1) is 9.58. The van der Waals surface area contributed by atoms with Crippen molar-refractivity contribution in [3.05, 3.63) is 29.3 Å². The molecule has 4 heteroatoms. The van der Waals surface area contributed by atoms with Crippen LogP contribution in [0.3, 0.4) is 0 Å². The molecule has 0 unspecified atom stereocenters. The summed E-state index contributed by atoms with van der Waals surface area (Å²) in [6.07, 6.45) is 2.07. The molecule has 2 rings (SSSR count). The molecule has 0 amide bonds. The summed E-state index contributed by atoms with van der Waals surface area (Å²) in [6.45, 7) is 3.59. The van der Waals surface area contributed by atoms with Crippen LogP contribution in [-0.2, 0) is 6.50 Å². The molecule has 1 fully saturated rings. The summed E-state index contributed by atoms with van der Waals surface area (Å²) >= 11 is 0. The number of ether oxygens (including phenoxy) is 1. The van der Waals surface area contributed by atoms with Crippen molar-refractivity contribution in [3.8, 4) is 5.75 Å². The Kier molecular flexibility index (Phi) is 3.34. The Morgan fingerprint density at radius 2 is 2.05 bits per heavy atom. The fourth-order valence-corrected chi connectivity index (χ4v) is 1.54. The standard InChI is InChI=1S/C15H21F2NO/c1-15(2,3)18-8-11-6-12(16)7-13(17)14(11)19-9-10-4-5-10/h6-7,10,18H,4-5,8-9H2,1-3H3/i8D2. The monoisotopic (exact) mass is 271 g/mol. The maximum absolute atomic E-state index is 14.0. The summed E-state index contributed by atoms with van der Waals surface area (Å²) < 4.78 is 49.1. The number of benzene rings is 1. The van der Waals surface area contributed by atoms with Crippen LogP contribution in [0.4, 0.5) is 8.78 Å². The van der Waals surface area contributed by atoms with Crippen molar-refractivity contribution in [2.45, 2.75) is 45.6 Å². The minimum absolute atomic E-state index is 0.143. The van der Waals surface area contributed by atoms with Crippen LogP contribution in [0, 0.1) is 17.6 Å². The average Bonchev–Trinajstić information content (AvgIpc) is 3.07. The van der Waals surface area contributed by atoms with Crippen LogP contribution in [0.2, 0.25) is 0 Å². The van der Waals surface area contributed by atoms with Gasteiger partial charge in [-0.2, -0.15) is 0 Å². The number of hydrogen-bond acceptors (Lipinski definition) is 2. The number of hydrogen-bond donors (Lipinski definition) is 1. The highest BCUT2D eigenvalue weighted by Gasteiger charge is 2.24. The normalized spacial score (nSPS) is 17.9. The second kappa shape index (κ2) is 5.45. The van der Waals surface area contributed by atoms with E-state index in [1.54, 1.807) is 20.8 Å². The number of halogens is 2. The second-order valence-corrected chi connectivity index (χ2v) is 6.02. The zero-order chi connectivity index (χ0) is 15.8. The fraction of sp³-hybridized carbons (Fsp3) is 0.600. The Balaban J connectivity index is 2.34. The molecule has 1 aliphatic rings. The fourth-order valence-electron chi connectivity index (χ4n) is 1.54. The molecule has 0 aromatic heterocycles. The van der Waals surface area contributed by atoms with E-state index in [1.807, 2.05) is 0 Å². The Labute approximate surface area is 116 Å². The van der Waals surface area contributed by atoms with E-state index in [-0.39, 0.29) is 11.3 Å². The van der Waals surface area contributed by atoms with Gasteiger partial charge in [-0.15, -0.1) is 0 Å². The summed E-state index contributed by atoms with van der Waals surface area (Å²) in [5.41, 5.74) is -0.698. The largest absolute Gasteiger partial charge is 0.490 e. The topological polar surface area (TPSA) is 21.3 Å². The van der Waals surface area contributed by atoms with Crippen LogP contribution in [0.15, 0.2) is 12.1 Å². The molecule has 19 heavy (non-hydrogen) atoms. The SMILES string of the molecule is [2H]C([2H])(NC(C)(C)C)c1cc(F)cc(F)c1OCC1CC1. The van der Waals surface area contributed by atoms with Gasteiger partial charge in [0.25, 0.3) is 0 Å². The van der Waals surface area contributed by atoms with Crippen molar-refractivity contribution in [2.24, 2.45) is 5.92 Å². The van der Waals surface area contributed by atoms with Crippen LogP contribution >= 0.6 is 0 Å². The van der Waals surface area contributed by atoms with Gasteiger partial charge in [0.1, 0.15) is 5.82 Å². The van der Waals surface area contributed by atoms with E-state index in [0.717, 1.165) is 25.0 Å². The lowest BCUT2D eigenvalue weighted by atomic mass is 10.1. The third kappa shape index (κ3) is 4.46. The first-order valence-electron chi connectivity index (χ1n) is 7.50. The third-order valence-electron chi connectivity index (χ3n) is 2.74. The highest BCUT2D eigenvalue weighted by atomic mass is 19.1. The Morgan fingerprint density at radius 1 is 1.37 bits per heavy atom. The van der Waals surface area contributed by atoms with Gasteiger partial charge in [-0.05, 0) is 45.6 Å². The smallest absolute Gasteiger partial charge is 0.168 e. The highest BCUT2D eigenvalue weighted by molar-refractivity contribution is 5.35. The van der Waals surface area contributed by atoms with Gasteiger partial charge in [-0.3, -0.25) is 0 Å². The van der Waals surface area contributed by atoms with Crippen molar-refractivity contribution < 1.29 is 16.3 Å². The summed E-state index contributed by atoms with van der Waals surface area (Å²) in [4.78, 5) is 0. The molecule has 1 saturated carbocycles. The van der Waals surface area contributed by atoms with Crippen molar-refractivity contribution in [1.82, 2.24) is 5.32 Å². The van der Waals surface area contributed by atoms with Crippen molar-refractivity contribution in [2.75, 3.05) is 6.61 Å². The molecule has 0 saturated heterocycles. The maximum Gasteiger partial charge on any atom is 0.168 e. The van der Waals surface area contributed by atoms with Crippen molar-refractivity contribution >= 4 is 0 Å². The van der Waals surface area contributed by atoms with Gasteiger partial charge in [0, 0.05) is 26.4 Å². The molecule has 0 heterocycles. The second-order valence-electron chi connectivity index (χ2n) is 6.02. The first-order valence-corrected chi connectivity index (χ1v) is 6.50. The van der Waals surface area contributed by atoms with Gasteiger partial charge in [0.2, 0.25) is 0 Å². The molecule has 106 valence electrons. The molecule has 2 nitrogen and oxygen atoms in total. The molecular formula is C15H21F2NO. The van der Waals surface area contributed by atoms with E-state index in [4.69, 9.17) is 7.48 Å². The molecule has 1 aromatic rings. The maximum atomic E-state index is 14.0. The summed E-state index contributed by atoms with van der Waals surface area (Å²) in [6, 6.07) is 1.71. The van der Waals surface area contributed by atoms with Gasteiger partial charge in [0.15, 0.2) is 11.6 Å². The lowest BCUT2D eigenvalue weighted by Crippen LogP contribution is -2.35. The molecule has 0 aliphatic heterocycles. The molecule has 1 aromatic carbocycles. The molecular weight excluding hydrogens is 248 g/mol. The van der Waals surface area contributed by atoms with Gasteiger partial charge < -0.3 is 10.1 Å². The first kappa shape index (κ1) is 11.6. The highest BCUT2D eigenvalue weighted by Crippen LogP contribution is 2.32. The number of rotatable bonds is 5. The summed E-state index contributed by atoms with van der Waals surface area (Å²) in [5.74, 6) is -1.50. The summed E-state index contributed by atoms with van der Waals surface area (Å²) in [7, 11) is 0. The minimum atomic E-state index is -2.10. The molecule has 1 aliphatic carbocycles. The van der Waals surface area contributed by atoms with Crippen LogP contribution in [0.25, 0.3) is 0 Å². The third-order valence-corrected chi connectivity index (χ3v) is 2.74. The van der Waals surface area contributed by atoms with E-state index in [1.165, 1.54) is 0 Å². The van der Waals surface area contributed by atoms with Gasteiger partial charge in [-0.1, -0.05) is 0 Å². The Hall–Kier alpha value is -1.16. The lowest BCUT2D eigenvalue weighted by molar-refractivity contribution is 0.279. The van der Waals surface area contributed by atoms with E-state index in [2.05, 4.69) is 5.32 Å².